The van der Waals surface area contributed by atoms with Crippen LogP contribution in [-0.2, 0) is 13.1 Å². The number of hydrogen-bond donors (Lipinski definition) is 1. The molecule has 128 valence electrons. The van der Waals surface area contributed by atoms with Gasteiger partial charge in [0.1, 0.15) is 5.75 Å². The number of aromatic nitrogens is 2. The zero-order chi connectivity index (χ0) is 17.2. The molecule has 1 aromatic heterocycles. The zero-order valence-corrected chi connectivity index (χ0v) is 14.8. The van der Waals surface area contributed by atoms with Gasteiger partial charge in [0.2, 0.25) is 0 Å². The number of nitrogens with one attached hydrogen (secondary N) is 1. The molecule has 3 aromatic rings. The molecule has 1 unspecified atom stereocenters. The van der Waals surface area contributed by atoms with E-state index in [-0.39, 0.29) is 5.92 Å². The molecule has 2 aromatic carbocycles. The van der Waals surface area contributed by atoms with E-state index >= 15 is 0 Å². The number of fused-ring (bicyclic) bond motifs is 1. The van der Waals surface area contributed by atoms with E-state index in [1.165, 1.54) is 16.8 Å². The van der Waals surface area contributed by atoms with Crippen molar-refractivity contribution in [3.63, 3.8) is 0 Å². The summed E-state index contributed by atoms with van der Waals surface area (Å²) >= 11 is 6.14. The molecule has 0 fully saturated rings. The number of imidazole rings is 1. The maximum absolute atomic E-state index is 6.14. The first-order valence-corrected chi connectivity index (χ1v) is 8.74. The molecule has 0 spiro atoms. The molecular formula is C20H20ClN3O. The van der Waals surface area contributed by atoms with Crippen molar-refractivity contribution in [3.05, 3.63) is 82.4 Å². The molecule has 1 N–H and O–H groups in total. The quantitative estimate of drug-likeness (QED) is 0.763. The van der Waals surface area contributed by atoms with Gasteiger partial charge in [0.25, 0.3) is 0 Å². The van der Waals surface area contributed by atoms with Gasteiger partial charge in [0.05, 0.1) is 29.8 Å². The van der Waals surface area contributed by atoms with Crippen LogP contribution in [0.5, 0.6) is 5.75 Å². The van der Waals surface area contributed by atoms with Gasteiger partial charge in [-0.15, -0.1) is 0 Å². The summed E-state index contributed by atoms with van der Waals surface area (Å²) in [6.45, 7) is 2.64. The topological polar surface area (TPSA) is 41.1 Å². The van der Waals surface area contributed by atoms with Crippen LogP contribution in [0.1, 0.15) is 28.4 Å². The van der Waals surface area contributed by atoms with Crippen LogP contribution in [0.4, 0.5) is 0 Å². The summed E-state index contributed by atoms with van der Waals surface area (Å²) in [6, 6.07) is 16.6. The molecule has 4 nitrogen and oxygen atoms in total. The minimum absolute atomic E-state index is 0.283. The van der Waals surface area contributed by atoms with Crippen molar-refractivity contribution in [1.29, 1.82) is 0 Å². The number of methoxy groups -OCH3 is 1. The summed E-state index contributed by atoms with van der Waals surface area (Å²) in [6.07, 6.45) is 1.80. The Hall–Kier alpha value is -2.30. The first kappa shape index (κ1) is 16.2. The second kappa shape index (κ2) is 6.90. The van der Waals surface area contributed by atoms with E-state index in [1.54, 1.807) is 13.4 Å². The predicted octanol–water partition coefficient (Wildman–Crippen LogP) is 4.22. The van der Waals surface area contributed by atoms with Crippen LogP contribution in [0.25, 0.3) is 0 Å². The van der Waals surface area contributed by atoms with E-state index in [0.717, 1.165) is 31.1 Å². The average Bonchev–Trinajstić information content (AvgIpc) is 3.12. The summed E-state index contributed by atoms with van der Waals surface area (Å²) in [5.41, 5.74) is 4.85. The van der Waals surface area contributed by atoms with Crippen LogP contribution in [0.15, 0.2) is 54.9 Å². The number of aromatic amines is 1. The summed E-state index contributed by atoms with van der Waals surface area (Å²) in [5, 5.41) is 0.642. The van der Waals surface area contributed by atoms with E-state index < -0.39 is 0 Å². The fourth-order valence-corrected chi connectivity index (χ4v) is 3.72. The predicted molar refractivity (Wildman–Crippen MR) is 99.0 cm³/mol. The van der Waals surface area contributed by atoms with Gasteiger partial charge in [0.15, 0.2) is 0 Å². The van der Waals surface area contributed by atoms with Crippen molar-refractivity contribution >= 4 is 11.6 Å². The van der Waals surface area contributed by atoms with Crippen LogP contribution < -0.4 is 4.74 Å². The number of hydrogen-bond acceptors (Lipinski definition) is 3. The van der Waals surface area contributed by atoms with Crippen LogP contribution in [-0.4, -0.2) is 28.5 Å². The van der Waals surface area contributed by atoms with Gasteiger partial charge in [0, 0.05) is 25.6 Å². The van der Waals surface area contributed by atoms with Crippen LogP contribution >= 0.6 is 11.6 Å². The summed E-state index contributed by atoms with van der Waals surface area (Å²) in [4.78, 5) is 10.3. The third kappa shape index (κ3) is 3.28. The molecule has 2 heterocycles. The smallest absolute Gasteiger partial charge is 0.137 e. The van der Waals surface area contributed by atoms with Crippen LogP contribution in [0, 0.1) is 0 Å². The van der Waals surface area contributed by atoms with Crippen LogP contribution in [0.3, 0.4) is 0 Å². The van der Waals surface area contributed by atoms with Crippen molar-refractivity contribution in [1.82, 2.24) is 14.9 Å². The molecule has 5 heteroatoms. The Kier molecular flexibility index (Phi) is 4.47. The molecule has 1 aliphatic heterocycles. The summed E-state index contributed by atoms with van der Waals surface area (Å²) in [5.74, 6) is 1.00. The highest BCUT2D eigenvalue weighted by Gasteiger charge is 2.28. The maximum atomic E-state index is 6.14. The summed E-state index contributed by atoms with van der Waals surface area (Å²) in [7, 11) is 1.65. The standard InChI is InChI=1S/C20H20ClN3O/c1-25-19-9-14(7-8-17(19)21)10-24-11-16(15-5-3-2-4-6-15)20-18(12-24)22-13-23-20/h2-9,13,16H,10-12H2,1H3,(H,22,23). The Balaban J connectivity index is 1.60. The molecule has 25 heavy (non-hydrogen) atoms. The largest absolute Gasteiger partial charge is 0.495 e. The number of nitrogens with zero attached hydrogens (tertiary/aromatic N) is 2. The van der Waals surface area contributed by atoms with E-state index in [9.17, 15) is 0 Å². The van der Waals surface area contributed by atoms with Crippen molar-refractivity contribution < 1.29 is 4.74 Å². The van der Waals surface area contributed by atoms with E-state index in [2.05, 4.69) is 51.3 Å². The Bertz CT molecular complexity index is 862. The zero-order valence-electron chi connectivity index (χ0n) is 14.1. The number of H-pyrrole nitrogens is 1. The minimum atomic E-state index is 0.283. The van der Waals surface area contributed by atoms with Gasteiger partial charge in [-0.25, -0.2) is 4.98 Å². The normalized spacial score (nSPS) is 17.3. The van der Waals surface area contributed by atoms with Crippen molar-refractivity contribution in [2.45, 2.75) is 19.0 Å². The van der Waals surface area contributed by atoms with Crippen LogP contribution in [0.2, 0.25) is 5.02 Å². The lowest BCUT2D eigenvalue weighted by Gasteiger charge is -2.32. The lowest BCUT2D eigenvalue weighted by Crippen LogP contribution is -2.33. The van der Waals surface area contributed by atoms with Crippen molar-refractivity contribution in [3.8, 4) is 5.75 Å². The summed E-state index contributed by atoms with van der Waals surface area (Å²) < 4.78 is 5.34. The second-order valence-electron chi connectivity index (χ2n) is 6.37. The van der Waals surface area contributed by atoms with E-state index in [0.29, 0.717) is 5.02 Å². The van der Waals surface area contributed by atoms with E-state index in [4.69, 9.17) is 16.3 Å². The average molecular weight is 354 g/mol. The van der Waals surface area contributed by atoms with Crippen molar-refractivity contribution in [2.24, 2.45) is 0 Å². The number of benzene rings is 2. The van der Waals surface area contributed by atoms with Gasteiger partial charge < -0.3 is 9.72 Å². The van der Waals surface area contributed by atoms with Gasteiger partial charge >= 0.3 is 0 Å². The third-order valence-electron chi connectivity index (χ3n) is 4.73. The van der Waals surface area contributed by atoms with Gasteiger partial charge in [-0.05, 0) is 23.3 Å². The molecule has 1 aliphatic rings. The Labute approximate surface area is 152 Å². The molecular weight excluding hydrogens is 334 g/mol. The molecule has 0 saturated heterocycles. The lowest BCUT2D eigenvalue weighted by atomic mass is 9.91. The second-order valence-corrected chi connectivity index (χ2v) is 6.78. The lowest BCUT2D eigenvalue weighted by molar-refractivity contribution is 0.227. The first-order valence-electron chi connectivity index (χ1n) is 8.36. The fourth-order valence-electron chi connectivity index (χ4n) is 3.52. The van der Waals surface area contributed by atoms with E-state index in [1.807, 2.05) is 12.1 Å². The SMILES string of the molecule is COc1cc(CN2Cc3[nH]cnc3C(c3ccccc3)C2)ccc1Cl. The third-order valence-corrected chi connectivity index (χ3v) is 5.04. The molecule has 0 radical (unpaired) electrons. The van der Waals surface area contributed by atoms with Gasteiger partial charge in [-0.2, -0.15) is 0 Å². The monoisotopic (exact) mass is 353 g/mol. The molecule has 4 rings (SSSR count). The molecule has 0 saturated carbocycles. The molecule has 0 amide bonds. The number of rotatable bonds is 4. The highest BCUT2D eigenvalue weighted by atomic mass is 35.5. The first-order chi connectivity index (χ1) is 12.2. The highest BCUT2D eigenvalue weighted by Crippen LogP contribution is 2.33. The Morgan fingerprint density at radius 1 is 1.24 bits per heavy atom. The minimum Gasteiger partial charge on any atom is -0.495 e. The molecule has 0 bridgehead atoms. The Morgan fingerprint density at radius 3 is 2.88 bits per heavy atom. The van der Waals surface area contributed by atoms with Crippen molar-refractivity contribution in [2.75, 3.05) is 13.7 Å². The number of ether oxygens (including phenoxy) is 1. The Morgan fingerprint density at radius 2 is 2.08 bits per heavy atom. The maximum Gasteiger partial charge on any atom is 0.137 e. The fraction of sp³-hybridized carbons (Fsp3) is 0.250. The molecule has 1 atom stereocenters. The molecule has 0 aliphatic carbocycles. The van der Waals surface area contributed by atoms with Gasteiger partial charge in [-0.1, -0.05) is 48.0 Å². The highest BCUT2D eigenvalue weighted by molar-refractivity contribution is 6.32. The van der Waals surface area contributed by atoms with Gasteiger partial charge in [-0.3, -0.25) is 4.90 Å². The number of halogens is 1.